The summed E-state index contributed by atoms with van der Waals surface area (Å²) in [5, 5.41) is 14.1. The van der Waals surface area contributed by atoms with Crippen molar-refractivity contribution in [1.82, 2.24) is 5.32 Å². The molecule has 0 radical (unpaired) electrons. The molecule has 0 heterocycles. The summed E-state index contributed by atoms with van der Waals surface area (Å²) in [4.78, 5) is 23.1. The predicted molar refractivity (Wildman–Crippen MR) is 78.0 cm³/mol. The molecule has 1 fully saturated rings. The van der Waals surface area contributed by atoms with Crippen LogP contribution in [0.15, 0.2) is 24.3 Å². The summed E-state index contributed by atoms with van der Waals surface area (Å²) in [6.07, 6.45) is 2.43. The van der Waals surface area contributed by atoms with Crippen LogP contribution >= 0.6 is 0 Å². The van der Waals surface area contributed by atoms with Gasteiger partial charge in [-0.05, 0) is 31.4 Å². The van der Waals surface area contributed by atoms with Crippen LogP contribution in [0, 0.1) is 5.92 Å². The summed E-state index contributed by atoms with van der Waals surface area (Å²) < 4.78 is 5.37. The van der Waals surface area contributed by atoms with E-state index in [4.69, 9.17) is 9.84 Å². The average Bonchev–Trinajstić information content (AvgIpc) is 3.30. The van der Waals surface area contributed by atoms with E-state index in [9.17, 15) is 9.59 Å². The Morgan fingerprint density at radius 3 is 2.86 bits per heavy atom. The highest BCUT2D eigenvalue weighted by Gasteiger charge is 2.29. The van der Waals surface area contributed by atoms with Crippen LogP contribution in [-0.4, -0.2) is 36.7 Å². The molecule has 1 saturated carbocycles. The molecule has 6 heteroatoms. The third kappa shape index (κ3) is 5.43. The zero-order valence-corrected chi connectivity index (χ0v) is 11.8. The van der Waals surface area contributed by atoms with Gasteiger partial charge in [-0.25, -0.2) is 0 Å². The van der Waals surface area contributed by atoms with E-state index in [-0.39, 0.29) is 30.9 Å². The van der Waals surface area contributed by atoms with Crippen molar-refractivity contribution in [2.75, 3.05) is 25.1 Å². The van der Waals surface area contributed by atoms with E-state index in [0.717, 1.165) is 12.8 Å². The molecule has 0 spiro atoms. The van der Waals surface area contributed by atoms with Crippen molar-refractivity contribution >= 4 is 17.5 Å². The summed E-state index contributed by atoms with van der Waals surface area (Å²) >= 11 is 0. The molecule has 21 heavy (non-hydrogen) atoms. The minimum absolute atomic E-state index is 0.0360. The highest BCUT2D eigenvalue weighted by atomic mass is 16.5. The van der Waals surface area contributed by atoms with Gasteiger partial charge >= 0.3 is 0 Å². The molecule has 3 N–H and O–H groups in total. The van der Waals surface area contributed by atoms with Crippen LogP contribution in [-0.2, 0) is 9.59 Å². The lowest BCUT2D eigenvalue weighted by Gasteiger charge is -2.09. The molecular weight excluding hydrogens is 272 g/mol. The average molecular weight is 292 g/mol. The Hall–Kier alpha value is -2.08. The number of aliphatic hydroxyl groups excluding tert-OH is 1. The SMILES string of the molecule is O=C(COc1cccc(NC(=O)C2CC2)c1)NCCCO. The van der Waals surface area contributed by atoms with E-state index in [1.165, 1.54) is 0 Å². The van der Waals surface area contributed by atoms with Crippen molar-refractivity contribution in [3.05, 3.63) is 24.3 Å². The van der Waals surface area contributed by atoms with Crippen molar-refractivity contribution in [3.63, 3.8) is 0 Å². The number of aliphatic hydroxyl groups is 1. The van der Waals surface area contributed by atoms with Gasteiger partial charge in [-0.1, -0.05) is 6.07 Å². The van der Waals surface area contributed by atoms with Gasteiger partial charge < -0.3 is 20.5 Å². The molecule has 0 atom stereocenters. The molecule has 1 aromatic carbocycles. The molecule has 6 nitrogen and oxygen atoms in total. The number of ether oxygens (including phenoxy) is 1. The number of amides is 2. The third-order valence-corrected chi connectivity index (χ3v) is 3.08. The minimum Gasteiger partial charge on any atom is -0.484 e. The second kappa shape index (κ2) is 7.64. The second-order valence-electron chi connectivity index (χ2n) is 5.01. The maximum Gasteiger partial charge on any atom is 0.257 e. The van der Waals surface area contributed by atoms with Crippen LogP contribution in [0.4, 0.5) is 5.69 Å². The van der Waals surface area contributed by atoms with Gasteiger partial charge in [0.25, 0.3) is 5.91 Å². The maximum atomic E-state index is 11.7. The number of carbonyl (C=O) groups excluding carboxylic acids is 2. The fourth-order valence-electron chi connectivity index (χ4n) is 1.76. The molecule has 114 valence electrons. The van der Waals surface area contributed by atoms with E-state index in [1.807, 2.05) is 0 Å². The van der Waals surface area contributed by atoms with Crippen LogP contribution in [0.3, 0.4) is 0 Å². The summed E-state index contributed by atoms with van der Waals surface area (Å²) in [6.45, 7) is 0.380. The Morgan fingerprint density at radius 1 is 1.33 bits per heavy atom. The lowest BCUT2D eigenvalue weighted by molar-refractivity contribution is -0.123. The van der Waals surface area contributed by atoms with Crippen molar-refractivity contribution < 1.29 is 19.4 Å². The van der Waals surface area contributed by atoms with Crippen molar-refractivity contribution in [1.29, 1.82) is 0 Å². The molecule has 0 saturated heterocycles. The number of hydrogen-bond acceptors (Lipinski definition) is 4. The monoisotopic (exact) mass is 292 g/mol. The number of rotatable bonds is 8. The number of hydrogen-bond donors (Lipinski definition) is 3. The number of nitrogens with one attached hydrogen (secondary N) is 2. The van der Waals surface area contributed by atoms with Gasteiger partial charge in [0.1, 0.15) is 5.75 Å². The number of anilines is 1. The van der Waals surface area contributed by atoms with E-state index in [2.05, 4.69) is 10.6 Å². The number of benzene rings is 1. The zero-order valence-electron chi connectivity index (χ0n) is 11.8. The largest absolute Gasteiger partial charge is 0.484 e. The topological polar surface area (TPSA) is 87.7 Å². The standard InChI is InChI=1S/C15H20N2O4/c18-8-2-7-16-14(19)10-21-13-4-1-3-12(9-13)17-15(20)11-5-6-11/h1,3-4,9,11,18H,2,5-8,10H2,(H,16,19)(H,17,20). The second-order valence-corrected chi connectivity index (χ2v) is 5.01. The first-order valence-electron chi connectivity index (χ1n) is 7.10. The normalized spacial score (nSPS) is 13.6. The first kappa shape index (κ1) is 15.3. The van der Waals surface area contributed by atoms with Crippen LogP contribution in [0.5, 0.6) is 5.75 Å². The van der Waals surface area contributed by atoms with Gasteiger partial charge in [0.15, 0.2) is 6.61 Å². The lowest BCUT2D eigenvalue weighted by Crippen LogP contribution is -2.30. The Balaban J connectivity index is 1.77. The highest BCUT2D eigenvalue weighted by molar-refractivity contribution is 5.94. The van der Waals surface area contributed by atoms with Gasteiger partial charge in [0.2, 0.25) is 5.91 Å². The first-order chi connectivity index (χ1) is 10.2. The lowest BCUT2D eigenvalue weighted by atomic mass is 10.3. The summed E-state index contributed by atoms with van der Waals surface area (Å²) in [7, 11) is 0. The molecular formula is C15H20N2O4. The minimum atomic E-state index is -0.240. The molecule has 2 rings (SSSR count). The summed E-state index contributed by atoms with van der Waals surface area (Å²) in [5.74, 6) is 0.470. The fourth-order valence-corrected chi connectivity index (χ4v) is 1.76. The van der Waals surface area contributed by atoms with Gasteiger partial charge in [0.05, 0.1) is 0 Å². The molecule has 1 aliphatic rings. The van der Waals surface area contributed by atoms with Gasteiger partial charge in [0, 0.05) is 30.8 Å². The third-order valence-electron chi connectivity index (χ3n) is 3.08. The molecule has 0 aromatic heterocycles. The van der Waals surface area contributed by atoms with E-state index in [1.54, 1.807) is 24.3 Å². The van der Waals surface area contributed by atoms with E-state index < -0.39 is 0 Å². The Bertz CT molecular complexity index is 500. The van der Waals surface area contributed by atoms with Crippen LogP contribution < -0.4 is 15.4 Å². The van der Waals surface area contributed by atoms with Crippen molar-refractivity contribution in [2.45, 2.75) is 19.3 Å². The Morgan fingerprint density at radius 2 is 2.14 bits per heavy atom. The van der Waals surface area contributed by atoms with Crippen LogP contribution in [0.1, 0.15) is 19.3 Å². The summed E-state index contributed by atoms with van der Waals surface area (Å²) in [6, 6.07) is 6.98. The Kier molecular flexibility index (Phi) is 5.57. The van der Waals surface area contributed by atoms with E-state index in [0.29, 0.717) is 24.4 Å². The van der Waals surface area contributed by atoms with Gasteiger partial charge in [-0.15, -0.1) is 0 Å². The van der Waals surface area contributed by atoms with Gasteiger partial charge in [-0.2, -0.15) is 0 Å². The smallest absolute Gasteiger partial charge is 0.257 e. The molecule has 0 aliphatic heterocycles. The molecule has 1 aromatic rings. The fraction of sp³-hybridized carbons (Fsp3) is 0.467. The zero-order chi connectivity index (χ0) is 15.1. The predicted octanol–water partition coefficient (Wildman–Crippen LogP) is 0.912. The number of carbonyl (C=O) groups is 2. The Labute approximate surface area is 123 Å². The molecule has 1 aliphatic carbocycles. The van der Waals surface area contributed by atoms with Crippen molar-refractivity contribution in [3.8, 4) is 5.75 Å². The highest BCUT2D eigenvalue weighted by Crippen LogP contribution is 2.30. The van der Waals surface area contributed by atoms with Crippen LogP contribution in [0.2, 0.25) is 0 Å². The quantitative estimate of drug-likeness (QED) is 0.622. The van der Waals surface area contributed by atoms with Gasteiger partial charge in [-0.3, -0.25) is 9.59 Å². The van der Waals surface area contributed by atoms with Crippen molar-refractivity contribution in [2.24, 2.45) is 5.92 Å². The molecule has 0 unspecified atom stereocenters. The first-order valence-corrected chi connectivity index (χ1v) is 7.10. The van der Waals surface area contributed by atoms with E-state index >= 15 is 0 Å². The van der Waals surface area contributed by atoms with Crippen LogP contribution in [0.25, 0.3) is 0 Å². The summed E-state index contributed by atoms with van der Waals surface area (Å²) in [5.41, 5.74) is 0.671. The maximum absolute atomic E-state index is 11.7. The molecule has 0 bridgehead atoms. The molecule has 2 amide bonds.